The smallest absolute Gasteiger partial charge is 0.152 e. The molecule has 0 fully saturated rings. The Bertz CT molecular complexity index is 282. The lowest BCUT2D eigenvalue weighted by molar-refractivity contribution is -0.112. The highest BCUT2D eigenvalue weighted by Gasteiger charge is 2.30. The maximum atomic E-state index is 10.9. The van der Waals surface area contributed by atoms with Crippen LogP contribution in [-0.2, 0) is 4.79 Å². The molecule has 0 heterocycles. The molecule has 0 aromatic rings. The minimum atomic E-state index is 0.125. The molecule has 0 spiro atoms. The van der Waals surface area contributed by atoms with Crippen LogP contribution in [0, 0.1) is 11.3 Å². The first-order valence-electron chi connectivity index (χ1n) is 5.34. The fourth-order valence-electron chi connectivity index (χ4n) is 1.89. The average molecular weight is 192 g/mol. The Hall–Kier alpha value is -0.850. The first-order chi connectivity index (χ1) is 6.44. The van der Waals surface area contributed by atoms with E-state index in [1.54, 1.807) is 13.0 Å². The largest absolute Gasteiger partial charge is 0.295 e. The van der Waals surface area contributed by atoms with E-state index in [1.807, 2.05) is 6.08 Å². The van der Waals surface area contributed by atoms with Crippen LogP contribution in [0.25, 0.3) is 0 Å². The summed E-state index contributed by atoms with van der Waals surface area (Å²) < 4.78 is 0. The second-order valence-corrected chi connectivity index (χ2v) is 4.80. The predicted molar refractivity (Wildman–Crippen MR) is 60.1 cm³/mol. The summed E-state index contributed by atoms with van der Waals surface area (Å²) >= 11 is 0. The SMILES string of the molecule is CC(=O)/C=C/C1=CCCC(C)C1(C)C. The first-order valence-corrected chi connectivity index (χ1v) is 5.34. The Morgan fingerprint density at radius 2 is 2.21 bits per heavy atom. The second kappa shape index (κ2) is 4.12. The van der Waals surface area contributed by atoms with Gasteiger partial charge in [0.2, 0.25) is 0 Å². The summed E-state index contributed by atoms with van der Waals surface area (Å²) in [5, 5.41) is 0. The molecule has 78 valence electrons. The predicted octanol–water partition coefficient (Wildman–Crippen LogP) is 3.51. The van der Waals surface area contributed by atoms with Crippen molar-refractivity contribution in [3.8, 4) is 0 Å². The number of hydrogen-bond donors (Lipinski definition) is 0. The molecule has 0 aromatic carbocycles. The lowest BCUT2D eigenvalue weighted by Gasteiger charge is -2.36. The number of ketones is 1. The Morgan fingerprint density at radius 3 is 2.79 bits per heavy atom. The highest BCUT2D eigenvalue weighted by molar-refractivity contribution is 5.87. The molecule has 0 N–H and O–H groups in total. The van der Waals surface area contributed by atoms with Gasteiger partial charge in [0.1, 0.15) is 0 Å². The van der Waals surface area contributed by atoms with E-state index in [0.717, 1.165) is 6.42 Å². The quantitative estimate of drug-likeness (QED) is 0.612. The Labute approximate surface area is 86.9 Å². The molecule has 1 aliphatic carbocycles. The van der Waals surface area contributed by atoms with Gasteiger partial charge in [-0.3, -0.25) is 4.79 Å². The standard InChI is InChI=1S/C13H20O/c1-10-6-5-7-12(13(10,3)4)9-8-11(2)14/h7-10H,5-6H2,1-4H3/b9-8+. The molecule has 1 unspecified atom stereocenters. The fraction of sp³-hybridized carbons (Fsp3) is 0.615. The lowest BCUT2D eigenvalue weighted by Crippen LogP contribution is -2.26. The molecule has 1 nitrogen and oxygen atoms in total. The van der Waals surface area contributed by atoms with Crippen LogP contribution in [0.15, 0.2) is 23.8 Å². The molecule has 0 aliphatic heterocycles. The van der Waals surface area contributed by atoms with Crippen molar-refractivity contribution in [3.05, 3.63) is 23.8 Å². The monoisotopic (exact) mass is 192 g/mol. The van der Waals surface area contributed by atoms with Crippen molar-refractivity contribution in [1.82, 2.24) is 0 Å². The van der Waals surface area contributed by atoms with Crippen LogP contribution >= 0.6 is 0 Å². The highest BCUT2D eigenvalue weighted by Crippen LogP contribution is 2.41. The van der Waals surface area contributed by atoms with Crippen LogP contribution in [0.3, 0.4) is 0 Å². The number of allylic oxidation sites excluding steroid dienone is 4. The van der Waals surface area contributed by atoms with Gasteiger partial charge >= 0.3 is 0 Å². The summed E-state index contributed by atoms with van der Waals surface area (Å²) in [5.41, 5.74) is 1.52. The van der Waals surface area contributed by atoms with Crippen LogP contribution in [0.4, 0.5) is 0 Å². The molecular weight excluding hydrogens is 172 g/mol. The van der Waals surface area contributed by atoms with Crippen molar-refractivity contribution in [2.24, 2.45) is 11.3 Å². The van der Waals surface area contributed by atoms with Crippen molar-refractivity contribution in [2.45, 2.75) is 40.5 Å². The van der Waals surface area contributed by atoms with E-state index in [1.165, 1.54) is 12.0 Å². The minimum absolute atomic E-state index is 0.125. The van der Waals surface area contributed by atoms with Crippen LogP contribution in [0.1, 0.15) is 40.5 Å². The summed E-state index contributed by atoms with van der Waals surface area (Å²) in [6, 6.07) is 0. The number of carbonyl (C=O) groups is 1. The Kier molecular flexibility index (Phi) is 3.30. The van der Waals surface area contributed by atoms with E-state index in [4.69, 9.17) is 0 Å². The normalized spacial score (nSPS) is 26.3. The van der Waals surface area contributed by atoms with Gasteiger partial charge in [0.05, 0.1) is 0 Å². The lowest BCUT2D eigenvalue weighted by atomic mass is 9.68. The molecule has 0 saturated carbocycles. The van der Waals surface area contributed by atoms with Crippen molar-refractivity contribution < 1.29 is 4.79 Å². The summed E-state index contributed by atoms with van der Waals surface area (Å²) in [6.07, 6.45) is 8.32. The van der Waals surface area contributed by atoms with Gasteiger partial charge in [-0.2, -0.15) is 0 Å². The molecule has 1 aliphatic rings. The third kappa shape index (κ3) is 2.34. The molecule has 0 bridgehead atoms. The molecule has 1 rings (SSSR count). The topological polar surface area (TPSA) is 17.1 Å². The first kappa shape index (κ1) is 11.2. The van der Waals surface area contributed by atoms with Crippen molar-refractivity contribution in [2.75, 3.05) is 0 Å². The van der Waals surface area contributed by atoms with Crippen LogP contribution in [0.5, 0.6) is 0 Å². The third-order valence-corrected chi connectivity index (χ3v) is 3.44. The van der Waals surface area contributed by atoms with Gasteiger partial charge in [-0.1, -0.05) is 32.9 Å². The van der Waals surface area contributed by atoms with Crippen LogP contribution in [0.2, 0.25) is 0 Å². The van der Waals surface area contributed by atoms with E-state index < -0.39 is 0 Å². The van der Waals surface area contributed by atoms with E-state index >= 15 is 0 Å². The zero-order valence-electron chi connectivity index (χ0n) is 9.63. The van der Waals surface area contributed by atoms with Gasteiger partial charge in [-0.25, -0.2) is 0 Å². The van der Waals surface area contributed by atoms with E-state index in [2.05, 4.69) is 26.8 Å². The Balaban J connectivity index is 2.86. The highest BCUT2D eigenvalue weighted by atomic mass is 16.1. The van der Waals surface area contributed by atoms with Crippen molar-refractivity contribution >= 4 is 5.78 Å². The maximum Gasteiger partial charge on any atom is 0.152 e. The maximum absolute atomic E-state index is 10.9. The molecular formula is C13H20O. The zero-order chi connectivity index (χ0) is 10.8. The number of hydrogen-bond acceptors (Lipinski definition) is 1. The van der Waals surface area contributed by atoms with Crippen LogP contribution in [-0.4, -0.2) is 5.78 Å². The van der Waals surface area contributed by atoms with E-state index in [-0.39, 0.29) is 11.2 Å². The van der Waals surface area contributed by atoms with Gasteiger partial charge in [0.25, 0.3) is 0 Å². The summed E-state index contributed by atoms with van der Waals surface area (Å²) in [5.74, 6) is 0.819. The molecule has 1 atom stereocenters. The molecule has 0 amide bonds. The molecule has 0 saturated heterocycles. The van der Waals surface area contributed by atoms with Crippen LogP contribution < -0.4 is 0 Å². The molecule has 1 heteroatoms. The number of rotatable bonds is 2. The van der Waals surface area contributed by atoms with Gasteiger partial charge < -0.3 is 0 Å². The number of carbonyl (C=O) groups excluding carboxylic acids is 1. The fourth-order valence-corrected chi connectivity index (χ4v) is 1.89. The van der Waals surface area contributed by atoms with Gasteiger partial charge in [-0.05, 0) is 42.7 Å². The van der Waals surface area contributed by atoms with Crippen molar-refractivity contribution in [1.29, 1.82) is 0 Å². The summed E-state index contributed by atoms with van der Waals surface area (Å²) in [7, 11) is 0. The van der Waals surface area contributed by atoms with Crippen molar-refractivity contribution in [3.63, 3.8) is 0 Å². The average Bonchev–Trinajstić information content (AvgIpc) is 2.07. The third-order valence-electron chi connectivity index (χ3n) is 3.44. The minimum Gasteiger partial charge on any atom is -0.295 e. The van der Waals surface area contributed by atoms with Gasteiger partial charge in [0.15, 0.2) is 5.78 Å². The van der Waals surface area contributed by atoms with E-state index in [0.29, 0.717) is 5.92 Å². The molecule has 0 aromatic heterocycles. The van der Waals surface area contributed by atoms with E-state index in [9.17, 15) is 4.79 Å². The Morgan fingerprint density at radius 1 is 1.57 bits per heavy atom. The summed E-state index contributed by atoms with van der Waals surface area (Å²) in [4.78, 5) is 10.9. The van der Waals surface area contributed by atoms with Gasteiger partial charge in [0, 0.05) is 0 Å². The van der Waals surface area contributed by atoms with Gasteiger partial charge in [-0.15, -0.1) is 0 Å². The second-order valence-electron chi connectivity index (χ2n) is 4.80. The zero-order valence-corrected chi connectivity index (χ0v) is 9.63. The summed E-state index contributed by atoms with van der Waals surface area (Å²) in [6.45, 7) is 8.39. The molecule has 0 radical (unpaired) electrons. The molecule has 14 heavy (non-hydrogen) atoms.